The first kappa shape index (κ1) is 21.1. The maximum Gasteiger partial charge on any atom is 0.155 e. The van der Waals surface area contributed by atoms with Gasteiger partial charge in [-0.2, -0.15) is 5.10 Å². The van der Waals surface area contributed by atoms with Crippen LogP contribution in [0.2, 0.25) is 5.02 Å². The van der Waals surface area contributed by atoms with Crippen molar-refractivity contribution in [1.82, 2.24) is 14.8 Å². The van der Waals surface area contributed by atoms with Crippen LogP contribution in [0.5, 0.6) is 0 Å². The highest BCUT2D eigenvalue weighted by atomic mass is 35.5. The number of pyridine rings is 1. The first-order chi connectivity index (χ1) is 13.4. The maximum atomic E-state index is 12.6. The molecule has 0 atom stereocenters. The van der Waals surface area contributed by atoms with E-state index in [0.717, 1.165) is 11.1 Å². The van der Waals surface area contributed by atoms with E-state index in [4.69, 9.17) is 11.6 Å². The highest BCUT2D eigenvalue weighted by molar-refractivity contribution is 8.01. The minimum atomic E-state index is -3.54. The van der Waals surface area contributed by atoms with Crippen molar-refractivity contribution in [1.29, 1.82) is 0 Å². The summed E-state index contributed by atoms with van der Waals surface area (Å²) in [6.07, 6.45) is 1.27. The summed E-state index contributed by atoms with van der Waals surface area (Å²) in [4.78, 5) is 15.6. The average molecular weight is 433 g/mol. The predicted octanol–water partition coefficient (Wildman–Crippen LogP) is 3.41. The quantitative estimate of drug-likeness (QED) is 0.375. The lowest BCUT2D eigenvalue weighted by molar-refractivity contribution is 0.143. The van der Waals surface area contributed by atoms with Crippen molar-refractivity contribution < 1.29 is 9.32 Å². The zero-order valence-corrected chi connectivity index (χ0v) is 18.3. The summed E-state index contributed by atoms with van der Waals surface area (Å²) in [6.45, 7) is 5.05. The number of aliphatic hydroxyl groups is 1. The number of fused-ring (bicyclic) bond motifs is 1. The number of nitrogens with zero attached hydrogens (tertiary/aromatic N) is 4. The van der Waals surface area contributed by atoms with Crippen LogP contribution in [0.4, 0.5) is 0 Å². The van der Waals surface area contributed by atoms with E-state index in [-0.39, 0.29) is 5.03 Å². The van der Waals surface area contributed by atoms with Gasteiger partial charge in [0.25, 0.3) is 0 Å². The number of thiol groups is 1. The van der Waals surface area contributed by atoms with Gasteiger partial charge < -0.3 is 5.11 Å². The fourth-order valence-corrected chi connectivity index (χ4v) is 4.36. The molecule has 29 heavy (non-hydrogen) atoms. The second-order valence-electron chi connectivity index (χ2n) is 7.37. The van der Waals surface area contributed by atoms with Gasteiger partial charge in [-0.15, -0.1) is 4.91 Å². The molecule has 2 heterocycles. The molecule has 0 bridgehead atoms. The Kier molecular flexibility index (Phi) is 5.34. The van der Waals surface area contributed by atoms with E-state index in [1.807, 2.05) is 19.1 Å². The number of halogens is 1. The van der Waals surface area contributed by atoms with Crippen molar-refractivity contribution in [3.8, 4) is 23.0 Å². The van der Waals surface area contributed by atoms with Crippen LogP contribution in [-0.2, 0) is 17.2 Å². The number of aromatic nitrogens is 3. The molecule has 0 unspecified atom stereocenters. The van der Waals surface area contributed by atoms with E-state index in [1.165, 1.54) is 6.26 Å². The molecule has 3 rings (SSSR count). The van der Waals surface area contributed by atoms with E-state index in [9.17, 15) is 14.2 Å². The Hall–Kier alpha value is -2.60. The molecule has 0 aliphatic rings. The highest BCUT2D eigenvalue weighted by Crippen LogP contribution is 2.38. The fourth-order valence-electron chi connectivity index (χ4n) is 3.04. The summed E-state index contributed by atoms with van der Waals surface area (Å²) in [5, 5.41) is 14.9. The Labute approximate surface area is 174 Å². The molecule has 7 nitrogen and oxygen atoms in total. The molecule has 1 N–H and O–H groups in total. The van der Waals surface area contributed by atoms with Gasteiger partial charge in [0.1, 0.15) is 11.3 Å². The van der Waals surface area contributed by atoms with Crippen LogP contribution in [-0.4, -0.2) is 35.9 Å². The molecular formula is C20H21ClN4O3S. The number of benzene rings is 1. The van der Waals surface area contributed by atoms with Gasteiger partial charge in [-0.3, -0.25) is 8.89 Å². The first-order valence-electron chi connectivity index (χ1n) is 8.76. The topological polar surface area (TPSA) is 97.4 Å². The normalized spacial score (nSPS) is 12.5. The van der Waals surface area contributed by atoms with Gasteiger partial charge in [0.15, 0.2) is 5.03 Å². The Bertz CT molecular complexity index is 1250. The Balaban J connectivity index is 2.24. The van der Waals surface area contributed by atoms with Crippen LogP contribution in [0.1, 0.15) is 25.2 Å². The second kappa shape index (κ2) is 7.34. The van der Waals surface area contributed by atoms with Gasteiger partial charge in [0, 0.05) is 34.7 Å². The standard InChI is InChI=1S/C20H21ClN4O3S/c1-12-14(7-6-13(22-12)10-11-20(2,3)26)15-8-9-16(21)17-18(15)25(4)23-19(17)29(5,28)24-27/h6-9,26,29H,1-5H3. The third-order valence-corrected chi connectivity index (χ3v) is 6.07. The zero-order chi connectivity index (χ0) is 21.6. The SMILES string of the molecule is Cc1nc(C#CC(C)(C)O)ccc1-c1ccc(Cl)c2c([SH](C)(=O)N=O)nn(C)c12. The minimum absolute atomic E-state index is 0.0927. The van der Waals surface area contributed by atoms with Gasteiger partial charge in [-0.05, 0) is 44.9 Å². The van der Waals surface area contributed by atoms with Gasteiger partial charge in [-0.1, -0.05) is 23.6 Å². The molecule has 3 aromatic rings. The largest absolute Gasteiger partial charge is 0.378 e. The third-order valence-electron chi connectivity index (χ3n) is 4.34. The van der Waals surface area contributed by atoms with Crippen LogP contribution < -0.4 is 0 Å². The van der Waals surface area contributed by atoms with Gasteiger partial charge >= 0.3 is 0 Å². The number of rotatable bonds is 3. The van der Waals surface area contributed by atoms with Crippen molar-refractivity contribution in [3.05, 3.63) is 45.6 Å². The highest BCUT2D eigenvalue weighted by Gasteiger charge is 2.25. The summed E-state index contributed by atoms with van der Waals surface area (Å²) < 4.78 is 17.0. The molecule has 0 aliphatic carbocycles. The number of hydrogen-bond acceptors (Lipinski definition) is 5. The molecule has 0 spiro atoms. The summed E-state index contributed by atoms with van der Waals surface area (Å²) in [7, 11) is -1.84. The molecule has 0 radical (unpaired) electrons. The minimum Gasteiger partial charge on any atom is -0.378 e. The van der Waals surface area contributed by atoms with E-state index in [2.05, 4.69) is 26.5 Å². The van der Waals surface area contributed by atoms with Crippen LogP contribution in [0.3, 0.4) is 0 Å². The van der Waals surface area contributed by atoms with Crippen LogP contribution >= 0.6 is 11.6 Å². The fraction of sp³-hybridized carbons (Fsp3) is 0.300. The van der Waals surface area contributed by atoms with Crippen LogP contribution in [0.15, 0.2) is 33.9 Å². The maximum absolute atomic E-state index is 12.6. The van der Waals surface area contributed by atoms with Gasteiger partial charge in [0.2, 0.25) is 0 Å². The van der Waals surface area contributed by atoms with Crippen molar-refractivity contribution in [2.45, 2.75) is 31.4 Å². The monoisotopic (exact) mass is 432 g/mol. The van der Waals surface area contributed by atoms with E-state index >= 15 is 0 Å². The summed E-state index contributed by atoms with van der Waals surface area (Å²) >= 11 is 6.37. The first-order valence-corrected chi connectivity index (χ1v) is 11.2. The van der Waals surface area contributed by atoms with E-state index in [1.54, 1.807) is 37.7 Å². The Morgan fingerprint density at radius 1 is 1.24 bits per heavy atom. The Morgan fingerprint density at radius 3 is 2.48 bits per heavy atom. The van der Waals surface area contributed by atoms with Gasteiger partial charge in [-0.25, -0.2) is 4.98 Å². The number of hydrogen-bond donors (Lipinski definition) is 2. The molecule has 0 amide bonds. The zero-order valence-electron chi connectivity index (χ0n) is 16.7. The smallest absolute Gasteiger partial charge is 0.155 e. The third kappa shape index (κ3) is 4.08. The van der Waals surface area contributed by atoms with Gasteiger partial charge in [0.05, 0.1) is 26.0 Å². The molecule has 152 valence electrons. The lowest BCUT2D eigenvalue weighted by Gasteiger charge is -2.11. The molecule has 0 fully saturated rings. The molecule has 0 saturated heterocycles. The summed E-state index contributed by atoms with van der Waals surface area (Å²) in [5.74, 6) is 5.60. The van der Waals surface area contributed by atoms with Crippen LogP contribution in [0.25, 0.3) is 22.0 Å². The lowest BCUT2D eigenvalue weighted by Crippen LogP contribution is -2.14. The molecule has 0 saturated carbocycles. The lowest BCUT2D eigenvalue weighted by atomic mass is 10.0. The van der Waals surface area contributed by atoms with Crippen molar-refractivity contribution in [2.75, 3.05) is 6.26 Å². The summed E-state index contributed by atoms with van der Waals surface area (Å²) in [5.41, 5.74) is 2.38. The number of aryl methyl sites for hydroxylation is 2. The number of nitroso groups, excluding NO2 is 1. The average Bonchev–Trinajstić information content (AvgIpc) is 3.00. The molecule has 9 heteroatoms. The predicted molar refractivity (Wildman–Crippen MR) is 116 cm³/mol. The van der Waals surface area contributed by atoms with E-state index in [0.29, 0.717) is 27.3 Å². The van der Waals surface area contributed by atoms with Crippen molar-refractivity contribution >= 4 is 32.6 Å². The molecular weight excluding hydrogens is 412 g/mol. The second-order valence-corrected chi connectivity index (χ2v) is 10.1. The Morgan fingerprint density at radius 2 is 1.90 bits per heavy atom. The summed E-state index contributed by atoms with van der Waals surface area (Å²) in [6, 6.07) is 7.14. The van der Waals surface area contributed by atoms with Crippen molar-refractivity contribution in [2.24, 2.45) is 11.6 Å². The van der Waals surface area contributed by atoms with Crippen LogP contribution in [0, 0.1) is 23.7 Å². The molecule has 1 aromatic carbocycles. The molecule has 2 aromatic heterocycles. The van der Waals surface area contributed by atoms with Crippen molar-refractivity contribution in [3.63, 3.8) is 0 Å². The van der Waals surface area contributed by atoms with E-state index < -0.39 is 15.7 Å². The molecule has 0 aliphatic heterocycles.